The maximum absolute atomic E-state index is 6.33. The van der Waals surface area contributed by atoms with E-state index in [4.69, 9.17) is 27.6 Å². The summed E-state index contributed by atoms with van der Waals surface area (Å²) in [5.41, 5.74) is 2.02. The summed E-state index contributed by atoms with van der Waals surface area (Å²) < 4.78 is 5.22. The second kappa shape index (κ2) is 4.30. The van der Waals surface area contributed by atoms with Crippen molar-refractivity contribution < 1.29 is 4.42 Å². The largest absolute Gasteiger partial charge is 0.469 e. The Morgan fingerprint density at radius 1 is 1.13 bits per heavy atom. The summed E-state index contributed by atoms with van der Waals surface area (Å²) in [5, 5.41) is 0.535. The van der Waals surface area contributed by atoms with Crippen molar-refractivity contribution in [3.05, 3.63) is 58.5 Å². The van der Waals surface area contributed by atoms with Gasteiger partial charge in [0.2, 0.25) is 0 Å². The molecule has 0 bridgehead atoms. The zero-order valence-corrected chi connectivity index (χ0v) is 9.72. The third-order valence-electron chi connectivity index (χ3n) is 2.33. The van der Waals surface area contributed by atoms with E-state index in [9.17, 15) is 0 Å². The molecule has 1 unspecified atom stereocenters. The van der Waals surface area contributed by atoms with Crippen LogP contribution in [0.2, 0.25) is 5.02 Å². The molecule has 78 valence electrons. The van der Waals surface area contributed by atoms with Gasteiger partial charge in [-0.2, -0.15) is 0 Å². The molecule has 1 aromatic heterocycles. The van der Waals surface area contributed by atoms with E-state index in [0.29, 0.717) is 5.02 Å². The van der Waals surface area contributed by atoms with E-state index in [0.717, 1.165) is 16.9 Å². The molecule has 0 fully saturated rings. The quantitative estimate of drug-likeness (QED) is 0.702. The number of alkyl halides is 1. The number of hydrogen-bond donors (Lipinski definition) is 0. The highest BCUT2D eigenvalue weighted by molar-refractivity contribution is 6.30. The molecule has 0 aliphatic rings. The Morgan fingerprint density at radius 3 is 2.33 bits per heavy atom. The fourth-order valence-electron chi connectivity index (χ4n) is 1.47. The van der Waals surface area contributed by atoms with Gasteiger partial charge in [0, 0.05) is 10.6 Å². The van der Waals surface area contributed by atoms with Crippen LogP contribution in [-0.4, -0.2) is 0 Å². The Morgan fingerprint density at radius 2 is 1.80 bits per heavy atom. The minimum absolute atomic E-state index is 0.180. The molecule has 0 aliphatic heterocycles. The lowest BCUT2D eigenvalue weighted by atomic mass is 10.1. The van der Waals surface area contributed by atoms with Gasteiger partial charge in [-0.15, -0.1) is 11.6 Å². The Bertz CT molecular complexity index is 445. The van der Waals surface area contributed by atoms with Gasteiger partial charge in [0.15, 0.2) is 0 Å². The van der Waals surface area contributed by atoms with Crippen LogP contribution in [0.3, 0.4) is 0 Å². The van der Waals surface area contributed by atoms with Gasteiger partial charge in [-0.3, -0.25) is 0 Å². The van der Waals surface area contributed by atoms with Crippen molar-refractivity contribution >= 4 is 23.2 Å². The van der Waals surface area contributed by atoms with Gasteiger partial charge < -0.3 is 4.42 Å². The van der Waals surface area contributed by atoms with Crippen LogP contribution in [0.1, 0.15) is 22.3 Å². The van der Waals surface area contributed by atoms with Gasteiger partial charge in [0.1, 0.15) is 5.76 Å². The second-order valence-electron chi connectivity index (χ2n) is 3.35. The van der Waals surface area contributed by atoms with Crippen LogP contribution in [0.4, 0.5) is 0 Å². The van der Waals surface area contributed by atoms with E-state index in [1.165, 1.54) is 0 Å². The minimum atomic E-state index is -0.180. The van der Waals surface area contributed by atoms with Gasteiger partial charge in [-0.25, -0.2) is 0 Å². The predicted molar refractivity (Wildman–Crippen MR) is 62.6 cm³/mol. The fraction of sp³-hybridized carbons (Fsp3) is 0.167. The first-order valence-corrected chi connectivity index (χ1v) is 5.43. The molecule has 0 N–H and O–H groups in total. The summed E-state index contributed by atoms with van der Waals surface area (Å²) in [6, 6.07) is 9.41. The van der Waals surface area contributed by atoms with Gasteiger partial charge in [0.25, 0.3) is 0 Å². The highest BCUT2D eigenvalue weighted by Gasteiger charge is 2.14. The number of furan rings is 1. The smallest absolute Gasteiger partial charge is 0.105 e. The van der Waals surface area contributed by atoms with Crippen molar-refractivity contribution in [3.8, 4) is 0 Å². The standard InChI is InChI=1S/C12H10Cl2O/c1-8-11(6-7-15-8)12(14)9-2-4-10(13)5-3-9/h2-7,12H,1H3. The SMILES string of the molecule is Cc1occc1C(Cl)c1ccc(Cl)cc1. The molecule has 0 amide bonds. The van der Waals surface area contributed by atoms with Gasteiger partial charge in [-0.05, 0) is 30.7 Å². The third-order valence-corrected chi connectivity index (χ3v) is 3.07. The molecule has 2 rings (SSSR count). The molecule has 15 heavy (non-hydrogen) atoms. The molecular weight excluding hydrogens is 231 g/mol. The van der Waals surface area contributed by atoms with Crippen molar-refractivity contribution in [2.45, 2.75) is 12.3 Å². The molecule has 0 saturated heterocycles. The van der Waals surface area contributed by atoms with Gasteiger partial charge in [0.05, 0.1) is 11.6 Å². The van der Waals surface area contributed by atoms with E-state index < -0.39 is 0 Å². The summed E-state index contributed by atoms with van der Waals surface area (Å²) >= 11 is 12.1. The topological polar surface area (TPSA) is 13.1 Å². The highest BCUT2D eigenvalue weighted by Crippen LogP contribution is 2.31. The zero-order chi connectivity index (χ0) is 10.8. The van der Waals surface area contributed by atoms with E-state index in [1.807, 2.05) is 37.3 Å². The minimum Gasteiger partial charge on any atom is -0.469 e. The summed E-state index contributed by atoms with van der Waals surface area (Å²) in [5.74, 6) is 0.852. The average Bonchev–Trinajstić information content (AvgIpc) is 2.65. The molecule has 1 atom stereocenters. The highest BCUT2D eigenvalue weighted by atomic mass is 35.5. The van der Waals surface area contributed by atoms with Crippen LogP contribution >= 0.6 is 23.2 Å². The molecule has 1 nitrogen and oxygen atoms in total. The van der Waals surface area contributed by atoms with Crippen molar-refractivity contribution in [2.24, 2.45) is 0 Å². The molecule has 2 aromatic rings. The summed E-state index contributed by atoms with van der Waals surface area (Å²) in [4.78, 5) is 0. The van der Waals surface area contributed by atoms with Crippen molar-refractivity contribution in [2.75, 3.05) is 0 Å². The number of halogens is 2. The van der Waals surface area contributed by atoms with E-state index in [-0.39, 0.29) is 5.38 Å². The normalized spacial score (nSPS) is 12.7. The lowest BCUT2D eigenvalue weighted by Gasteiger charge is -2.08. The maximum atomic E-state index is 6.33. The molecule has 3 heteroatoms. The molecule has 0 spiro atoms. The summed E-state index contributed by atoms with van der Waals surface area (Å²) in [6.07, 6.45) is 1.65. The molecule has 1 heterocycles. The number of hydrogen-bond acceptors (Lipinski definition) is 1. The van der Waals surface area contributed by atoms with E-state index >= 15 is 0 Å². The lowest BCUT2D eigenvalue weighted by molar-refractivity contribution is 0.530. The van der Waals surface area contributed by atoms with Crippen LogP contribution in [0.25, 0.3) is 0 Å². The number of benzene rings is 1. The van der Waals surface area contributed by atoms with Crippen LogP contribution in [0.5, 0.6) is 0 Å². The number of rotatable bonds is 2. The average molecular weight is 241 g/mol. The van der Waals surface area contributed by atoms with Crippen molar-refractivity contribution in [3.63, 3.8) is 0 Å². The van der Waals surface area contributed by atoms with Crippen LogP contribution < -0.4 is 0 Å². The van der Waals surface area contributed by atoms with Crippen LogP contribution in [0, 0.1) is 6.92 Å². The molecule has 0 aliphatic carbocycles. The maximum Gasteiger partial charge on any atom is 0.105 e. The third kappa shape index (κ3) is 2.19. The van der Waals surface area contributed by atoms with E-state index in [1.54, 1.807) is 6.26 Å². The molecule has 0 radical (unpaired) electrons. The monoisotopic (exact) mass is 240 g/mol. The Balaban J connectivity index is 2.32. The van der Waals surface area contributed by atoms with Crippen molar-refractivity contribution in [1.29, 1.82) is 0 Å². The Hall–Kier alpha value is -0.920. The zero-order valence-electron chi connectivity index (χ0n) is 8.21. The van der Waals surface area contributed by atoms with Gasteiger partial charge >= 0.3 is 0 Å². The molecular formula is C12H10Cl2O. The predicted octanol–water partition coefficient (Wildman–Crippen LogP) is 4.57. The van der Waals surface area contributed by atoms with Crippen LogP contribution in [-0.2, 0) is 0 Å². The van der Waals surface area contributed by atoms with E-state index in [2.05, 4.69) is 0 Å². The second-order valence-corrected chi connectivity index (χ2v) is 4.22. The molecule has 1 aromatic carbocycles. The molecule has 0 saturated carbocycles. The van der Waals surface area contributed by atoms with Crippen LogP contribution in [0.15, 0.2) is 41.0 Å². The summed E-state index contributed by atoms with van der Waals surface area (Å²) in [7, 11) is 0. The number of aryl methyl sites for hydroxylation is 1. The first kappa shape index (κ1) is 10.6. The first-order chi connectivity index (χ1) is 7.18. The lowest BCUT2D eigenvalue weighted by Crippen LogP contribution is -1.92. The van der Waals surface area contributed by atoms with Gasteiger partial charge in [-0.1, -0.05) is 23.7 Å². The Kier molecular flexibility index (Phi) is 3.03. The van der Waals surface area contributed by atoms with Crippen molar-refractivity contribution in [1.82, 2.24) is 0 Å². The first-order valence-electron chi connectivity index (χ1n) is 4.62. The summed E-state index contributed by atoms with van der Waals surface area (Å²) in [6.45, 7) is 1.90. The fourth-order valence-corrected chi connectivity index (χ4v) is 1.97. The Labute approximate surface area is 98.6 Å².